The fourth-order valence-electron chi connectivity index (χ4n) is 5.73. The number of benzene rings is 2. The van der Waals surface area contributed by atoms with Gasteiger partial charge in [0.15, 0.2) is 0 Å². The highest BCUT2D eigenvalue weighted by Crippen LogP contribution is 2.21. The van der Waals surface area contributed by atoms with Crippen molar-refractivity contribution in [1.82, 2.24) is 26.3 Å². The molecule has 2 aromatic carbocycles. The van der Waals surface area contributed by atoms with Crippen LogP contribution in [0.2, 0.25) is 0 Å². The summed E-state index contributed by atoms with van der Waals surface area (Å²) in [6.45, 7) is 0.384. The topological polar surface area (TPSA) is 157 Å². The minimum Gasteiger partial charge on any atom is -0.343 e. The molecule has 0 radical (unpaired) electrons. The average Bonchev–Trinajstić information content (AvgIpc) is 3.03. The van der Waals surface area contributed by atoms with Gasteiger partial charge in [0.25, 0.3) is 0 Å². The summed E-state index contributed by atoms with van der Waals surface area (Å²) in [6.07, 6.45) is 4.47. The zero-order valence-electron chi connectivity index (χ0n) is 24.3. The zero-order valence-corrected chi connectivity index (χ0v) is 24.3. The molecule has 0 aliphatic carbocycles. The summed E-state index contributed by atoms with van der Waals surface area (Å²) in [7, 11) is 0. The van der Waals surface area contributed by atoms with Gasteiger partial charge in [0.2, 0.25) is 29.5 Å². The molecule has 4 rings (SSSR count). The van der Waals surface area contributed by atoms with Crippen molar-refractivity contribution in [2.24, 2.45) is 0 Å². The summed E-state index contributed by atoms with van der Waals surface area (Å²) >= 11 is 0. The number of carbonyl (C=O) groups is 5. The minimum atomic E-state index is -0.981. The molecule has 0 spiro atoms. The first-order valence-corrected chi connectivity index (χ1v) is 15.1. The summed E-state index contributed by atoms with van der Waals surface area (Å²) in [4.78, 5) is 68.0. The van der Waals surface area contributed by atoms with Crippen LogP contribution in [-0.4, -0.2) is 70.4 Å². The van der Waals surface area contributed by atoms with Gasteiger partial charge in [0.05, 0.1) is 0 Å². The quantitative estimate of drug-likeness (QED) is 0.161. The lowest BCUT2D eigenvalue weighted by Gasteiger charge is -2.38. The molecule has 2 aliphatic heterocycles. The van der Waals surface area contributed by atoms with Crippen LogP contribution in [0.4, 0.5) is 0 Å². The van der Waals surface area contributed by atoms with Crippen LogP contribution in [-0.2, 0) is 36.8 Å². The predicted octanol–water partition coefficient (Wildman–Crippen LogP) is 1.78. The van der Waals surface area contributed by atoms with Crippen molar-refractivity contribution in [1.29, 1.82) is 0 Å². The third-order valence-corrected chi connectivity index (χ3v) is 8.06. The summed E-state index contributed by atoms with van der Waals surface area (Å²) in [5.74, 6) is -2.15. The van der Waals surface area contributed by atoms with E-state index in [0.717, 1.165) is 24.0 Å². The smallest absolute Gasteiger partial charge is 0.246 e. The predicted molar refractivity (Wildman–Crippen MR) is 158 cm³/mol. The molecule has 5 amide bonds. The summed E-state index contributed by atoms with van der Waals surface area (Å²) in [5.41, 5.74) is 3.30. The number of hydrogen-bond donors (Lipinski definition) is 5. The van der Waals surface area contributed by atoms with E-state index < -0.39 is 47.8 Å². The molecule has 2 fully saturated rings. The zero-order chi connectivity index (χ0) is 30.6. The molecule has 43 heavy (non-hydrogen) atoms. The van der Waals surface area contributed by atoms with Gasteiger partial charge in [-0.25, -0.2) is 5.48 Å². The van der Waals surface area contributed by atoms with E-state index in [1.807, 2.05) is 60.7 Å². The van der Waals surface area contributed by atoms with Gasteiger partial charge in [-0.15, -0.1) is 0 Å². The Morgan fingerprint density at radius 2 is 1.33 bits per heavy atom. The lowest BCUT2D eigenvalue weighted by atomic mass is 9.96. The lowest BCUT2D eigenvalue weighted by Crippen LogP contribution is -2.63. The van der Waals surface area contributed by atoms with Crippen molar-refractivity contribution in [3.8, 4) is 0 Å². The van der Waals surface area contributed by atoms with Crippen LogP contribution in [0.3, 0.4) is 0 Å². The van der Waals surface area contributed by atoms with Gasteiger partial charge < -0.3 is 20.9 Å². The van der Waals surface area contributed by atoms with Gasteiger partial charge in [0.1, 0.15) is 24.2 Å². The maximum Gasteiger partial charge on any atom is 0.246 e. The van der Waals surface area contributed by atoms with E-state index in [1.165, 1.54) is 0 Å². The van der Waals surface area contributed by atoms with E-state index in [4.69, 9.17) is 5.21 Å². The Morgan fingerprint density at radius 3 is 1.98 bits per heavy atom. The van der Waals surface area contributed by atoms with Gasteiger partial charge in [-0.05, 0) is 43.2 Å². The van der Waals surface area contributed by atoms with E-state index in [2.05, 4.69) is 16.0 Å². The Bertz CT molecular complexity index is 1260. The second kappa shape index (κ2) is 15.8. The second-order valence-corrected chi connectivity index (χ2v) is 11.2. The second-order valence-electron chi connectivity index (χ2n) is 11.2. The molecule has 2 saturated heterocycles. The molecule has 11 heteroatoms. The number of unbranched alkanes of at least 4 members (excludes halogenated alkanes) is 2. The average molecular weight is 592 g/mol. The van der Waals surface area contributed by atoms with Crippen LogP contribution >= 0.6 is 0 Å². The van der Waals surface area contributed by atoms with Gasteiger partial charge in [0, 0.05) is 25.8 Å². The van der Waals surface area contributed by atoms with Crippen LogP contribution in [0, 0.1) is 0 Å². The number of nitrogens with one attached hydrogen (secondary N) is 4. The molecular formula is C32H41N5O6. The molecule has 2 heterocycles. The van der Waals surface area contributed by atoms with Crippen molar-refractivity contribution in [3.05, 3.63) is 71.8 Å². The van der Waals surface area contributed by atoms with E-state index >= 15 is 0 Å². The van der Waals surface area contributed by atoms with Gasteiger partial charge >= 0.3 is 0 Å². The standard InChI is InChI=1S/C32H41N5O6/c38-28(36-43)18-9-3-8-16-24-29(39)34-25(20-22-12-4-1-5-13-22)30(40)35-26(21-23-14-6-2-7-15-23)32(42)37-19-11-10-17-27(37)31(41)33-24/h1-2,4-7,12-15,24-27,43H,3,8-11,16-21H2,(H,33,41)(H,34,39)(H,35,40)(H,36,38)/t24-,25-,26-,27-/m0/s1. The highest BCUT2D eigenvalue weighted by Gasteiger charge is 2.39. The van der Waals surface area contributed by atoms with Crippen molar-refractivity contribution in [2.75, 3.05) is 6.54 Å². The highest BCUT2D eigenvalue weighted by molar-refractivity contribution is 5.97. The molecule has 0 aromatic heterocycles. The number of nitrogens with zero attached hydrogens (tertiary/aromatic N) is 1. The number of rotatable bonds is 10. The minimum absolute atomic E-state index is 0.141. The van der Waals surface area contributed by atoms with Crippen LogP contribution in [0.1, 0.15) is 62.5 Å². The van der Waals surface area contributed by atoms with Crippen LogP contribution in [0.25, 0.3) is 0 Å². The van der Waals surface area contributed by atoms with Crippen molar-refractivity contribution >= 4 is 29.5 Å². The summed E-state index contributed by atoms with van der Waals surface area (Å²) < 4.78 is 0. The van der Waals surface area contributed by atoms with Crippen molar-refractivity contribution in [2.45, 2.75) is 88.4 Å². The monoisotopic (exact) mass is 591 g/mol. The number of amides is 5. The largest absolute Gasteiger partial charge is 0.343 e. The Labute approximate surface area is 251 Å². The molecule has 11 nitrogen and oxygen atoms in total. The Morgan fingerprint density at radius 1 is 0.744 bits per heavy atom. The molecule has 0 saturated carbocycles. The summed E-state index contributed by atoms with van der Waals surface area (Å²) in [5, 5.41) is 17.4. The normalized spacial score (nSPS) is 23.1. The number of carbonyl (C=O) groups excluding carboxylic acids is 5. The molecule has 5 N–H and O–H groups in total. The van der Waals surface area contributed by atoms with Gasteiger partial charge in [-0.2, -0.15) is 0 Å². The Balaban J connectivity index is 1.61. The molecule has 230 valence electrons. The van der Waals surface area contributed by atoms with Crippen LogP contribution in [0.5, 0.6) is 0 Å². The fourth-order valence-corrected chi connectivity index (χ4v) is 5.73. The van der Waals surface area contributed by atoms with Gasteiger partial charge in [-0.3, -0.25) is 29.2 Å². The first kappa shape index (κ1) is 31.7. The Kier molecular flexibility index (Phi) is 11.7. The van der Waals surface area contributed by atoms with Crippen LogP contribution in [0.15, 0.2) is 60.7 Å². The van der Waals surface area contributed by atoms with E-state index in [1.54, 1.807) is 10.4 Å². The molecule has 0 bridgehead atoms. The van der Waals surface area contributed by atoms with E-state index in [9.17, 15) is 24.0 Å². The number of hydroxylamine groups is 1. The number of hydrogen-bond acceptors (Lipinski definition) is 6. The third kappa shape index (κ3) is 9.12. The van der Waals surface area contributed by atoms with E-state index in [0.29, 0.717) is 32.2 Å². The number of piperidine rings is 1. The van der Waals surface area contributed by atoms with Crippen molar-refractivity contribution in [3.63, 3.8) is 0 Å². The third-order valence-electron chi connectivity index (χ3n) is 8.06. The highest BCUT2D eigenvalue weighted by atomic mass is 16.5. The van der Waals surface area contributed by atoms with Crippen LogP contribution < -0.4 is 21.4 Å². The first-order chi connectivity index (χ1) is 20.9. The van der Waals surface area contributed by atoms with Gasteiger partial charge in [-0.1, -0.05) is 73.5 Å². The SMILES string of the molecule is O=C(CCCCC[C@@H]1NC(=O)[C@@H]2CCCCN2C(=O)[C@H](Cc2ccccc2)NC(=O)[C@H](Cc2ccccc2)NC1=O)NO. The maximum absolute atomic E-state index is 14.0. The fraction of sp³-hybridized carbons (Fsp3) is 0.469. The molecule has 4 atom stereocenters. The Hall–Kier alpha value is -4.25. The number of fused-ring (bicyclic) bond motifs is 1. The molecular weight excluding hydrogens is 550 g/mol. The van der Waals surface area contributed by atoms with Crippen molar-refractivity contribution < 1.29 is 29.2 Å². The lowest BCUT2D eigenvalue weighted by molar-refractivity contribution is -0.146. The molecule has 2 aliphatic rings. The molecule has 2 aromatic rings. The maximum atomic E-state index is 14.0. The van der Waals surface area contributed by atoms with E-state index in [-0.39, 0.29) is 31.6 Å². The molecule has 0 unspecified atom stereocenters. The first-order valence-electron chi connectivity index (χ1n) is 15.1. The summed E-state index contributed by atoms with van der Waals surface area (Å²) in [6, 6.07) is 15.1.